The highest BCUT2D eigenvalue weighted by Crippen LogP contribution is 2.32. The van der Waals surface area contributed by atoms with Crippen LogP contribution in [-0.4, -0.2) is 52.4 Å². The summed E-state index contributed by atoms with van der Waals surface area (Å²) in [6.45, 7) is 4.82. The fourth-order valence-electron chi connectivity index (χ4n) is 5.30. The molecule has 2 aromatic heterocycles. The molecule has 0 aromatic carbocycles. The Kier molecular flexibility index (Phi) is 5.01. The number of fused-ring (bicyclic) bond motifs is 2. The SMILES string of the molecule is Cc1oc2c(c1C(=O)N1CCCC(c3nc4c(c(=O)[nH]3)CN(C)CC4)C1)CCCC2. The highest BCUT2D eigenvalue weighted by Gasteiger charge is 2.32. The number of amides is 1. The number of nitrogens with zero attached hydrogens (tertiary/aromatic N) is 3. The molecule has 7 nitrogen and oxygen atoms in total. The highest BCUT2D eigenvalue weighted by molar-refractivity contribution is 5.97. The summed E-state index contributed by atoms with van der Waals surface area (Å²) in [5.41, 5.74) is 3.59. The quantitative estimate of drug-likeness (QED) is 0.823. The van der Waals surface area contributed by atoms with Gasteiger partial charge in [0, 0.05) is 50.5 Å². The molecule has 0 spiro atoms. The van der Waals surface area contributed by atoms with Crippen molar-refractivity contribution in [2.75, 3.05) is 26.7 Å². The van der Waals surface area contributed by atoms with Crippen molar-refractivity contribution in [3.05, 3.63) is 50.1 Å². The second-order valence-electron chi connectivity index (χ2n) is 9.10. The fourth-order valence-corrected chi connectivity index (χ4v) is 5.30. The fraction of sp³-hybridized carbons (Fsp3) is 0.609. The van der Waals surface area contributed by atoms with Gasteiger partial charge in [-0.3, -0.25) is 9.59 Å². The molecule has 3 aliphatic rings. The van der Waals surface area contributed by atoms with Crippen molar-refractivity contribution in [3.8, 4) is 0 Å². The van der Waals surface area contributed by atoms with E-state index < -0.39 is 0 Å². The Morgan fingerprint density at radius 3 is 2.83 bits per heavy atom. The van der Waals surface area contributed by atoms with E-state index in [1.165, 1.54) is 0 Å². The number of piperidine rings is 1. The van der Waals surface area contributed by atoms with Gasteiger partial charge in [0.15, 0.2) is 0 Å². The zero-order valence-electron chi connectivity index (χ0n) is 17.9. The second kappa shape index (κ2) is 7.69. The highest BCUT2D eigenvalue weighted by atomic mass is 16.3. The van der Waals surface area contributed by atoms with Crippen LogP contribution in [-0.2, 0) is 25.8 Å². The minimum Gasteiger partial charge on any atom is -0.465 e. The third-order valence-electron chi connectivity index (χ3n) is 6.93. The third kappa shape index (κ3) is 3.39. The number of furan rings is 1. The molecule has 5 rings (SSSR count). The van der Waals surface area contributed by atoms with Crippen molar-refractivity contribution in [2.45, 2.75) is 64.3 Å². The predicted molar refractivity (Wildman–Crippen MR) is 113 cm³/mol. The number of carbonyl (C=O) groups is 1. The molecule has 4 heterocycles. The first-order valence-electron chi connectivity index (χ1n) is 11.2. The standard InChI is InChI=1S/C23H30N4O3/c1-14-20(16-7-3-4-8-19(16)30-14)23(29)27-10-5-6-15(12-27)21-24-18-9-11-26(2)13-17(18)22(28)25-21/h15H,3-13H2,1-2H3,(H,24,25,28). The maximum absolute atomic E-state index is 13.4. The molecule has 7 heteroatoms. The molecule has 1 N–H and O–H groups in total. The van der Waals surface area contributed by atoms with Crippen molar-refractivity contribution >= 4 is 5.91 Å². The lowest BCUT2D eigenvalue weighted by Crippen LogP contribution is -2.41. The molecule has 1 fully saturated rings. The molecule has 1 aliphatic carbocycles. The van der Waals surface area contributed by atoms with E-state index in [0.29, 0.717) is 13.1 Å². The predicted octanol–water partition coefficient (Wildman–Crippen LogP) is 2.56. The topological polar surface area (TPSA) is 82.4 Å². The van der Waals surface area contributed by atoms with Crippen molar-refractivity contribution in [3.63, 3.8) is 0 Å². The molecule has 160 valence electrons. The van der Waals surface area contributed by atoms with Gasteiger partial charge in [-0.15, -0.1) is 0 Å². The Bertz CT molecular complexity index is 1040. The lowest BCUT2D eigenvalue weighted by atomic mass is 9.92. The van der Waals surface area contributed by atoms with E-state index in [2.05, 4.69) is 9.88 Å². The van der Waals surface area contributed by atoms with E-state index in [0.717, 1.165) is 97.8 Å². The summed E-state index contributed by atoms with van der Waals surface area (Å²) in [4.78, 5) is 38.1. The van der Waals surface area contributed by atoms with Gasteiger partial charge < -0.3 is 19.2 Å². The van der Waals surface area contributed by atoms with Crippen molar-refractivity contribution in [1.29, 1.82) is 0 Å². The molecule has 0 radical (unpaired) electrons. The van der Waals surface area contributed by atoms with Crippen LogP contribution < -0.4 is 5.56 Å². The van der Waals surface area contributed by atoms with E-state index in [1.54, 1.807) is 0 Å². The number of aromatic amines is 1. The van der Waals surface area contributed by atoms with Gasteiger partial charge in [0.05, 0.1) is 16.8 Å². The van der Waals surface area contributed by atoms with Gasteiger partial charge in [-0.2, -0.15) is 0 Å². The van der Waals surface area contributed by atoms with E-state index in [9.17, 15) is 9.59 Å². The van der Waals surface area contributed by atoms with Gasteiger partial charge in [-0.05, 0) is 46.1 Å². The van der Waals surface area contributed by atoms with Crippen LogP contribution in [0.25, 0.3) is 0 Å². The first-order chi connectivity index (χ1) is 14.5. The van der Waals surface area contributed by atoms with Crippen LogP contribution in [0.4, 0.5) is 0 Å². The Balaban J connectivity index is 1.39. The summed E-state index contributed by atoms with van der Waals surface area (Å²) in [6.07, 6.45) is 6.77. The number of hydrogen-bond donors (Lipinski definition) is 1. The number of likely N-dealkylation sites (N-methyl/N-ethyl adjacent to an activating group) is 1. The van der Waals surface area contributed by atoms with Gasteiger partial charge in [0.1, 0.15) is 17.3 Å². The summed E-state index contributed by atoms with van der Waals surface area (Å²) < 4.78 is 5.94. The summed E-state index contributed by atoms with van der Waals surface area (Å²) >= 11 is 0. The number of rotatable bonds is 2. The molecular weight excluding hydrogens is 380 g/mol. The van der Waals surface area contributed by atoms with Crippen LogP contribution >= 0.6 is 0 Å². The van der Waals surface area contributed by atoms with Gasteiger partial charge in [-0.25, -0.2) is 4.98 Å². The van der Waals surface area contributed by atoms with Crippen LogP contribution in [0.15, 0.2) is 9.21 Å². The molecule has 30 heavy (non-hydrogen) atoms. The van der Waals surface area contributed by atoms with E-state index in [-0.39, 0.29) is 17.4 Å². The molecule has 0 saturated carbocycles. The maximum Gasteiger partial charge on any atom is 0.257 e. The largest absolute Gasteiger partial charge is 0.465 e. The minimum absolute atomic E-state index is 0.0234. The monoisotopic (exact) mass is 410 g/mol. The smallest absolute Gasteiger partial charge is 0.257 e. The van der Waals surface area contributed by atoms with Crippen molar-refractivity contribution < 1.29 is 9.21 Å². The zero-order chi connectivity index (χ0) is 20.8. The Morgan fingerprint density at radius 1 is 1.13 bits per heavy atom. The summed E-state index contributed by atoms with van der Waals surface area (Å²) in [5, 5.41) is 0. The summed E-state index contributed by atoms with van der Waals surface area (Å²) in [5.74, 6) is 2.64. The van der Waals surface area contributed by atoms with Gasteiger partial charge >= 0.3 is 0 Å². The normalized spacial score (nSPS) is 21.9. The number of H-pyrrole nitrogens is 1. The number of likely N-dealkylation sites (tertiary alicyclic amines) is 1. The average Bonchev–Trinajstić information content (AvgIpc) is 3.09. The third-order valence-corrected chi connectivity index (χ3v) is 6.93. The van der Waals surface area contributed by atoms with Crippen LogP contribution in [0.5, 0.6) is 0 Å². The van der Waals surface area contributed by atoms with Crippen LogP contribution in [0.3, 0.4) is 0 Å². The van der Waals surface area contributed by atoms with Crippen LogP contribution in [0, 0.1) is 6.92 Å². The lowest BCUT2D eigenvalue weighted by molar-refractivity contribution is 0.0701. The molecule has 1 unspecified atom stereocenters. The number of aromatic nitrogens is 2. The average molecular weight is 411 g/mol. The van der Waals surface area contributed by atoms with Crippen molar-refractivity contribution in [2.24, 2.45) is 0 Å². The maximum atomic E-state index is 13.4. The van der Waals surface area contributed by atoms with Crippen LogP contribution in [0.1, 0.15) is 76.1 Å². The Hall–Kier alpha value is -2.41. The summed E-state index contributed by atoms with van der Waals surface area (Å²) in [7, 11) is 2.03. The number of carbonyl (C=O) groups excluding carboxylic acids is 1. The first-order valence-corrected chi connectivity index (χ1v) is 11.2. The summed E-state index contributed by atoms with van der Waals surface area (Å²) in [6, 6.07) is 0. The molecule has 1 atom stereocenters. The molecular formula is C23H30N4O3. The zero-order valence-corrected chi connectivity index (χ0v) is 17.9. The molecule has 1 amide bonds. The number of hydrogen-bond acceptors (Lipinski definition) is 5. The molecule has 1 saturated heterocycles. The van der Waals surface area contributed by atoms with Crippen molar-refractivity contribution in [1.82, 2.24) is 19.8 Å². The second-order valence-corrected chi connectivity index (χ2v) is 9.10. The number of aryl methyl sites for hydroxylation is 2. The van der Waals surface area contributed by atoms with Crippen LogP contribution in [0.2, 0.25) is 0 Å². The van der Waals surface area contributed by atoms with Gasteiger partial charge in [0.2, 0.25) is 0 Å². The Morgan fingerprint density at radius 2 is 1.97 bits per heavy atom. The van der Waals surface area contributed by atoms with E-state index >= 15 is 0 Å². The van der Waals surface area contributed by atoms with Gasteiger partial charge in [-0.1, -0.05) is 0 Å². The Labute approximate surface area is 176 Å². The molecule has 2 aliphatic heterocycles. The first kappa shape index (κ1) is 19.5. The van der Waals surface area contributed by atoms with Gasteiger partial charge in [0.25, 0.3) is 11.5 Å². The van der Waals surface area contributed by atoms with E-state index in [4.69, 9.17) is 9.40 Å². The lowest BCUT2D eigenvalue weighted by Gasteiger charge is -2.33. The molecule has 0 bridgehead atoms. The minimum atomic E-state index is -0.0234. The van der Waals surface area contributed by atoms with E-state index in [1.807, 2.05) is 18.9 Å². The molecule has 2 aromatic rings. The number of nitrogens with one attached hydrogen (secondary N) is 1.